The summed E-state index contributed by atoms with van der Waals surface area (Å²) in [5.41, 5.74) is -0.345. The van der Waals surface area contributed by atoms with Crippen LogP contribution in [0.4, 0.5) is 22.0 Å². The monoisotopic (exact) mass is 322 g/mol. The number of benzene rings is 2. The predicted molar refractivity (Wildman–Crippen MR) is 68.5 cm³/mol. The number of alkyl halides is 5. The Morgan fingerprint density at radius 2 is 1.57 bits per heavy atom. The summed E-state index contributed by atoms with van der Waals surface area (Å²) in [6, 6.07) is 8.01. The molecule has 21 heavy (non-hydrogen) atoms. The first-order valence-electron chi connectivity index (χ1n) is 5.69. The largest absolute Gasteiger partial charge is 0.434 e. The van der Waals surface area contributed by atoms with Crippen molar-refractivity contribution in [2.75, 3.05) is 0 Å². The van der Waals surface area contributed by atoms with Gasteiger partial charge < -0.3 is 4.74 Å². The van der Waals surface area contributed by atoms with E-state index >= 15 is 0 Å². The van der Waals surface area contributed by atoms with Crippen LogP contribution in [0.25, 0.3) is 11.1 Å². The Balaban J connectivity index is 2.43. The molecular formula is C14H8ClF5O. The maximum atomic E-state index is 12.5. The lowest BCUT2D eigenvalue weighted by Gasteiger charge is -2.12. The van der Waals surface area contributed by atoms with Crippen molar-refractivity contribution >= 4 is 11.6 Å². The Hall–Kier alpha value is -1.82. The number of halogens is 6. The molecule has 7 heteroatoms. The molecule has 0 bridgehead atoms. The van der Waals surface area contributed by atoms with E-state index in [1.165, 1.54) is 30.3 Å². The predicted octanol–water partition coefficient (Wildman–Crippen LogP) is 5.63. The highest BCUT2D eigenvalue weighted by molar-refractivity contribution is 6.31. The van der Waals surface area contributed by atoms with E-state index in [1.807, 2.05) is 0 Å². The molecule has 2 rings (SSSR count). The summed E-state index contributed by atoms with van der Waals surface area (Å²) in [6.07, 6.45) is -4.46. The molecule has 0 heterocycles. The Morgan fingerprint density at radius 1 is 0.952 bits per heavy atom. The third-order valence-electron chi connectivity index (χ3n) is 2.68. The first-order valence-corrected chi connectivity index (χ1v) is 6.07. The van der Waals surface area contributed by atoms with Gasteiger partial charge in [0.25, 0.3) is 0 Å². The molecule has 0 fully saturated rings. The van der Waals surface area contributed by atoms with E-state index in [2.05, 4.69) is 4.74 Å². The smallest absolute Gasteiger partial charge is 0.416 e. The van der Waals surface area contributed by atoms with Gasteiger partial charge in [-0.1, -0.05) is 23.7 Å². The molecule has 112 valence electrons. The minimum absolute atomic E-state index is 0.158. The zero-order valence-corrected chi connectivity index (χ0v) is 11.1. The van der Waals surface area contributed by atoms with Crippen LogP contribution < -0.4 is 4.74 Å². The van der Waals surface area contributed by atoms with Gasteiger partial charge in [0.05, 0.1) is 5.56 Å². The summed E-state index contributed by atoms with van der Waals surface area (Å²) in [6.45, 7) is -3.04. The molecule has 0 N–H and O–H groups in total. The molecule has 0 aliphatic carbocycles. The van der Waals surface area contributed by atoms with Crippen molar-refractivity contribution in [3.05, 3.63) is 53.1 Å². The van der Waals surface area contributed by atoms with Crippen LogP contribution >= 0.6 is 11.6 Å². The lowest BCUT2D eigenvalue weighted by molar-refractivity contribution is -0.137. The molecule has 0 aliphatic rings. The fraction of sp³-hybridized carbons (Fsp3) is 0.143. The van der Waals surface area contributed by atoms with E-state index in [-0.39, 0.29) is 16.3 Å². The quantitative estimate of drug-likeness (QED) is 0.666. The fourth-order valence-electron chi connectivity index (χ4n) is 1.77. The molecular weight excluding hydrogens is 315 g/mol. The summed E-state index contributed by atoms with van der Waals surface area (Å²) in [4.78, 5) is 0. The zero-order chi connectivity index (χ0) is 15.6. The number of hydrogen-bond donors (Lipinski definition) is 0. The van der Waals surface area contributed by atoms with Crippen LogP contribution in [-0.4, -0.2) is 6.61 Å². The molecule has 0 aliphatic heterocycles. The van der Waals surface area contributed by atoms with Gasteiger partial charge in [-0.05, 0) is 35.9 Å². The maximum absolute atomic E-state index is 12.5. The molecule has 0 unspecified atom stereocenters. The highest BCUT2D eigenvalue weighted by Crippen LogP contribution is 2.36. The Kier molecular flexibility index (Phi) is 4.37. The second-order valence-corrected chi connectivity index (χ2v) is 4.53. The molecule has 0 aromatic heterocycles. The highest BCUT2D eigenvalue weighted by atomic mass is 35.5. The van der Waals surface area contributed by atoms with Gasteiger partial charge >= 0.3 is 12.8 Å². The SMILES string of the molecule is FC(F)Oc1ccc(Cl)cc1-c1ccc(C(F)(F)F)cc1. The Labute approximate surface area is 121 Å². The molecule has 0 saturated carbocycles. The van der Waals surface area contributed by atoms with Crippen molar-refractivity contribution < 1.29 is 26.7 Å². The molecule has 0 radical (unpaired) electrons. The van der Waals surface area contributed by atoms with E-state index < -0.39 is 18.4 Å². The second-order valence-electron chi connectivity index (χ2n) is 4.09. The van der Waals surface area contributed by atoms with Crippen LogP contribution in [-0.2, 0) is 6.18 Å². The van der Waals surface area contributed by atoms with Crippen LogP contribution in [0.15, 0.2) is 42.5 Å². The molecule has 0 spiro atoms. The van der Waals surface area contributed by atoms with Crippen molar-refractivity contribution in [3.8, 4) is 16.9 Å². The topological polar surface area (TPSA) is 9.23 Å². The molecule has 2 aromatic carbocycles. The third kappa shape index (κ3) is 3.85. The molecule has 0 amide bonds. The van der Waals surface area contributed by atoms with Gasteiger partial charge in [0.2, 0.25) is 0 Å². The van der Waals surface area contributed by atoms with Gasteiger partial charge in [-0.3, -0.25) is 0 Å². The van der Waals surface area contributed by atoms with Crippen molar-refractivity contribution in [1.29, 1.82) is 0 Å². The summed E-state index contributed by atoms with van der Waals surface area (Å²) in [5, 5.41) is 0.256. The van der Waals surface area contributed by atoms with E-state index in [0.717, 1.165) is 12.1 Å². The average molecular weight is 323 g/mol. The number of rotatable bonds is 3. The van der Waals surface area contributed by atoms with Crippen molar-refractivity contribution in [1.82, 2.24) is 0 Å². The van der Waals surface area contributed by atoms with Crippen LogP contribution in [0.3, 0.4) is 0 Å². The standard InChI is InChI=1S/C14H8ClF5O/c15-10-5-6-12(21-13(16)17)11(7-10)8-1-3-9(4-2-8)14(18,19)20/h1-7,13H. The van der Waals surface area contributed by atoms with Gasteiger partial charge in [0.15, 0.2) is 0 Å². The van der Waals surface area contributed by atoms with Gasteiger partial charge in [-0.15, -0.1) is 0 Å². The van der Waals surface area contributed by atoms with E-state index in [1.54, 1.807) is 0 Å². The third-order valence-corrected chi connectivity index (χ3v) is 2.92. The highest BCUT2D eigenvalue weighted by Gasteiger charge is 2.30. The molecule has 0 atom stereocenters. The van der Waals surface area contributed by atoms with Crippen LogP contribution in [0, 0.1) is 0 Å². The summed E-state index contributed by atoms with van der Waals surface area (Å²) < 4.78 is 66.5. The maximum Gasteiger partial charge on any atom is 0.416 e. The fourth-order valence-corrected chi connectivity index (χ4v) is 1.94. The average Bonchev–Trinajstić information content (AvgIpc) is 2.39. The Bertz CT molecular complexity index is 622. The summed E-state index contributed by atoms with van der Waals surface area (Å²) in [5.74, 6) is -0.158. The zero-order valence-electron chi connectivity index (χ0n) is 10.3. The minimum Gasteiger partial charge on any atom is -0.434 e. The van der Waals surface area contributed by atoms with E-state index in [9.17, 15) is 22.0 Å². The first kappa shape index (κ1) is 15.6. The summed E-state index contributed by atoms with van der Waals surface area (Å²) in [7, 11) is 0. The molecule has 1 nitrogen and oxygen atoms in total. The van der Waals surface area contributed by atoms with E-state index in [0.29, 0.717) is 5.56 Å². The minimum atomic E-state index is -4.46. The Morgan fingerprint density at radius 3 is 2.10 bits per heavy atom. The van der Waals surface area contributed by atoms with Crippen molar-refractivity contribution in [2.24, 2.45) is 0 Å². The van der Waals surface area contributed by atoms with Gasteiger partial charge in [-0.2, -0.15) is 22.0 Å². The summed E-state index contributed by atoms with van der Waals surface area (Å²) >= 11 is 5.78. The molecule has 0 saturated heterocycles. The van der Waals surface area contributed by atoms with E-state index in [4.69, 9.17) is 11.6 Å². The van der Waals surface area contributed by atoms with Crippen molar-refractivity contribution in [3.63, 3.8) is 0 Å². The second kappa shape index (κ2) is 5.89. The van der Waals surface area contributed by atoms with Crippen LogP contribution in [0.5, 0.6) is 5.75 Å². The van der Waals surface area contributed by atoms with Gasteiger partial charge in [0, 0.05) is 10.6 Å². The number of ether oxygens (including phenoxy) is 1. The molecule has 2 aromatic rings. The van der Waals surface area contributed by atoms with Crippen LogP contribution in [0.1, 0.15) is 5.56 Å². The first-order chi connectivity index (χ1) is 9.77. The lowest BCUT2D eigenvalue weighted by Crippen LogP contribution is -2.05. The lowest BCUT2D eigenvalue weighted by atomic mass is 10.0. The van der Waals surface area contributed by atoms with Crippen molar-refractivity contribution in [2.45, 2.75) is 12.8 Å². The number of hydrogen-bond acceptors (Lipinski definition) is 1. The van der Waals surface area contributed by atoms with Crippen LogP contribution in [0.2, 0.25) is 5.02 Å². The van der Waals surface area contributed by atoms with Gasteiger partial charge in [-0.25, -0.2) is 0 Å². The van der Waals surface area contributed by atoms with Gasteiger partial charge in [0.1, 0.15) is 5.75 Å². The normalized spacial score (nSPS) is 11.8.